The van der Waals surface area contributed by atoms with E-state index >= 15 is 0 Å². The Labute approximate surface area is 202 Å². The van der Waals surface area contributed by atoms with Crippen molar-refractivity contribution in [3.8, 4) is 22.9 Å². The third kappa shape index (κ3) is 4.63. The lowest BCUT2D eigenvalue weighted by Gasteiger charge is -2.32. The molecule has 5 nitrogen and oxygen atoms in total. The van der Waals surface area contributed by atoms with Gasteiger partial charge in [-0.3, -0.25) is 0 Å². The van der Waals surface area contributed by atoms with Gasteiger partial charge in [0.05, 0.1) is 16.5 Å². The molecule has 8 heteroatoms. The van der Waals surface area contributed by atoms with Crippen LogP contribution in [0.2, 0.25) is 10.0 Å². The van der Waals surface area contributed by atoms with Crippen LogP contribution in [0.5, 0.6) is 5.75 Å². The number of halogens is 3. The first-order valence-corrected chi connectivity index (χ1v) is 11.4. The van der Waals surface area contributed by atoms with Crippen LogP contribution in [0, 0.1) is 17.1 Å². The summed E-state index contributed by atoms with van der Waals surface area (Å²) in [5, 5.41) is 13.5. The molecule has 0 amide bonds. The Morgan fingerprint density at radius 3 is 2.67 bits per heavy atom. The first-order chi connectivity index (χ1) is 15.8. The summed E-state index contributed by atoms with van der Waals surface area (Å²) in [6.07, 6.45) is 2.51. The number of hydrogen-bond donors (Lipinski definition) is 2. The smallest absolute Gasteiger partial charge is 0.166 e. The summed E-state index contributed by atoms with van der Waals surface area (Å²) < 4.78 is 20.0. The molecule has 33 heavy (non-hydrogen) atoms. The van der Waals surface area contributed by atoms with Crippen molar-refractivity contribution in [2.45, 2.75) is 31.3 Å². The molecule has 4 rings (SSSR count). The quantitative estimate of drug-likeness (QED) is 0.429. The van der Waals surface area contributed by atoms with Gasteiger partial charge in [0.15, 0.2) is 11.6 Å². The molecule has 0 saturated carbocycles. The van der Waals surface area contributed by atoms with Crippen molar-refractivity contribution in [1.29, 1.82) is 5.26 Å². The standard InChI is InChI=1S/C25H23Cl2FN4O/c1-15(22-19(26)5-6-20(28)23(22)27)33-21-12-17(13-32-24(21)30)16-3-2-4-18(11-16)25(14-29)7-9-31-10-8-25/h2-6,11-13,15,31H,7-10H2,1H3,(H2,30,32). The van der Waals surface area contributed by atoms with Gasteiger partial charge >= 0.3 is 0 Å². The lowest BCUT2D eigenvalue weighted by atomic mass is 9.74. The Hall–Kier alpha value is -2.85. The molecule has 170 valence electrons. The summed E-state index contributed by atoms with van der Waals surface area (Å²) in [6.45, 7) is 3.33. The largest absolute Gasteiger partial charge is 0.482 e. The SMILES string of the molecule is CC(Oc1cc(-c2cccc(C3(C#N)CCNCC3)c2)cnc1N)c1c(Cl)ccc(F)c1Cl. The van der Waals surface area contributed by atoms with E-state index in [4.69, 9.17) is 33.7 Å². The number of ether oxygens (including phenoxy) is 1. The lowest BCUT2D eigenvalue weighted by molar-refractivity contribution is 0.227. The zero-order valence-electron chi connectivity index (χ0n) is 18.0. The Balaban J connectivity index is 1.66. The maximum absolute atomic E-state index is 14.0. The predicted octanol–water partition coefficient (Wildman–Crippen LogP) is 6.06. The molecule has 1 unspecified atom stereocenters. The van der Waals surface area contributed by atoms with Crippen LogP contribution in [-0.2, 0) is 5.41 Å². The topological polar surface area (TPSA) is 84.0 Å². The molecule has 3 aromatic rings. The average Bonchev–Trinajstić information content (AvgIpc) is 2.83. The molecule has 0 bridgehead atoms. The van der Waals surface area contributed by atoms with Gasteiger partial charge in [-0.15, -0.1) is 0 Å². The second-order valence-corrected chi connectivity index (χ2v) is 8.93. The van der Waals surface area contributed by atoms with Crippen molar-refractivity contribution >= 4 is 29.0 Å². The Kier molecular flexibility index (Phi) is 6.76. The minimum atomic E-state index is -0.664. The number of hydrogen-bond acceptors (Lipinski definition) is 5. The predicted molar refractivity (Wildman–Crippen MR) is 129 cm³/mol. The molecule has 0 radical (unpaired) electrons. The molecule has 2 heterocycles. The number of nitrogens with zero attached hydrogens (tertiary/aromatic N) is 2. The molecular weight excluding hydrogens is 462 g/mol. The summed E-state index contributed by atoms with van der Waals surface area (Å²) in [5.74, 6) is -0.0524. The van der Waals surface area contributed by atoms with Gasteiger partial charge in [-0.2, -0.15) is 5.26 Å². The molecule has 1 aliphatic rings. The highest BCUT2D eigenvalue weighted by molar-refractivity contribution is 6.36. The Morgan fingerprint density at radius 2 is 1.94 bits per heavy atom. The van der Waals surface area contributed by atoms with E-state index in [-0.39, 0.29) is 10.8 Å². The minimum Gasteiger partial charge on any atom is -0.482 e. The van der Waals surface area contributed by atoms with E-state index in [1.165, 1.54) is 12.1 Å². The Bertz CT molecular complexity index is 1220. The summed E-state index contributed by atoms with van der Waals surface area (Å²) in [7, 11) is 0. The number of pyridine rings is 1. The highest BCUT2D eigenvalue weighted by atomic mass is 35.5. The van der Waals surface area contributed by atoms with Crippen molar-refractivity contribution in [3.63, 3.8) is 0 Å². The van der Waals surface area contributed by atoms with E-state index in [1.807, 2.05) is 24.3 Å². The second-order valence-electron chi connectivity index (χ2n) is 8.15. The molecule has 0 aliphatic carbocycles. The van der Waals surface area contributed by atoms with E-state index < -0.39 is 17.3 Å². The summed E-state index contributed by atoms with van der Waals surface area (Å²) in [5.41, 5.74) is 8.55. The van der Waals surface area contributed by atoms with Crippen molar-refractivity contribution in [3.05, 3.63) is 75.7 Å². The van der Waals surface area contributed by atoms with Crippen LogP contribution in [0.3, 0.4) is 0 Å². The van der Waals surface area contributed by atoms with Crippen LogP contribution in [0.4, 0.5) is 10.2 Å². The number of aromatic nitrogens is 1. The van der Waals surface area contributed by atoms with Crippen LogP contribution in [0.15, 0.2) is 48.7 Å². The maximum Gasteiger partial charge on any atom is 0.166 e. The van der Waals surface area contributed by atoms with Gasteiger partial charge in [-0.25, -0.2) is 9.37 Å². The third-order valence-electron chi connectivity index (χ3n) is 6.09. The first-order valence-electron chi connectivity index (χ1n) is 10.6. The van der Waals surface area contributed by atoms with Gasteiger partial charge in [-0.05, 0) is 68.2 Å². The van der Waals surface area contributed by atoms with Gasteiger partial charge < -0.3 is 15.8 Å². The van der Waals surface area contributed by atoms with Crippen molar-refractivity contribution in [2.75, 3.05) is 18.8 Å². The first kappa shape index (κ1) is 23.3. The van der Waals surface area contributed by atoms with Gasteiger partial charge in [0.2, 0.25) is 0 Å². The monoisotopic (exact) mass is 484 g/mol. The Morgan fingerprint density at radius 1 is 1.18 bits per heavy atom. The van der Waals surface area contributed by atoms with Crippen LogP contribution in [-0.4, -0.2) is 18.1 Å². The molecule has 1 aliphatic heterocycles. The normalized spacial score (nSPS) is 16.1. The number of nitrogen functional groups attached to an aromatic ring is 1. The fourth-order valence-electron chi connectivity index (χ4n) is 4.19. The van der Waals surface area contributed by atoms with Crippen LogP contribution >= 0.6 is 23.2 Å². The van der Waals surface area contributed by atoms with E-state index in [2.05, 4.69) is 16.4 Å². The van der Waals surface area contributed by atoms with Crippen molar-refractivity contribution in [2.24, 2.45) is 0 Å². The number of nitriles is 1. The fraction of sp³-hybridized carbons (Fsp3) is 0.280. The molecule has 1 aromatic heterocycles. The fourth-order valence-corrected chi connectivity index (χ4v) is 4.87. The molecule has 2 aromatic carbocycles. The summed E-state index contributed by atoms with van der Waals surface area (Å²) in [6, 6.07) is 14.9. The minimum absolute atomic E-state index is 0.0887. The van der Waals surface area contributed by atoms with Crippen molar-refractivity contribution in [1.82, 2.24) is 10.3 Å². The van der Waals surface area contributed by atoms with E-state index in [0.717, 1.165) is 42.6 Å². The second kappa shape index (κ2) is 9.56. The molecule has 0 spiro atoms. The molecule has 1 fully saturated rings. The van der Waals surface area contributed by atoms with Gasteiger partial charge in [0.1, 0.15) is 11.9 Å². The summed E-state index contributed by atoms with van der Waals surface area (Å²) >= 11 is 12.4. The van der Waals surface area contributed by atoms with Crippen LogP contribution < -0.4 is 15.8 Å². The van der Waals surface area contributed by atoms with E-state index in [0.29, 0.717) is 16.3 Å². The number of anilines is 1. The average molecular weight is 485 g/mol. The third-order valence-corrected chi connectivity index (χ3v) is 6.80. The summed E-state index contributed by atoms with van der Waals surface area (Å²) in [4.78, 5) is 4.28. The number of rotatable bonds is 5. The van der Waals surface area contributed by atoms with Gasteiger partial charge in [0.25, 0.3) is 0 Å². The number of benzene rings is 2. The van der Waals surface area contributed by atoms with Gasteiger partial charge in [0, 0.05) is 22.3 Å². The van der Waals surface area contributed by atoms with E-state index in [1.54, 1.807) is 19.2 Å². The van der Waals surface area contributed by atoms with Gasteiger partial charge in [-0.1, -0.05) is 41.4 Å². The molecule has 1 saturated heterocycles. The number of nitrogens with two attached hydrogens (primary N) is 1. The molecule has 1 atom stereocenters. The number of piperidine rings is 1. The highest BCUT2D eigenvalue weighted by Gasteiger charge is 2.34. The van der Waals surface area contributed by atoms with Crippen LogP contribution in [0.25, 0.3) is 11.1 Å². The lowest BCUT2D eigenvalue weighted by Crippen LogP contribution is -2.38. The van der Waals surface area contributed by atoms with E-state index in [9.17, 15) is 9.65 Å². The maximum atomic E-state index is 14.0. The van der Waals surface area contributed by atoms with Crippen LogP contribution in [0.1, 0.15) is 37.0 Å². The number of nitrogens with one attached hydrogen (secondary N) is 1. The zero-order valence-corrected chi connectivity index (χ0v) is 19.6. The molecular formula is C25H23Cl2FN4O. The zero-order chi connectivity index (χ0) is 23.6. The van der Waals surface area contributed by atoms with Crippen molar-refractivity contribution < 1.29 is 9.13 Å². The highest BCUT2D eigenvalue weighted by Crippen LogP contribution is 2.38. The molecule has 3 N–H and O–H groups in total.